The summed E-state index contributed by atoms with van der Waals surface area (Å²) < 4.78 is 0. The zero-order chi connectivity index (χ0) is 13.8. The maximum atomic E-state index is 10.7. The number of amides is 1. The number of aliphatic hydroxyl groups is 1. The Labute approximate surface area is 113 Å². The first kappa shape index (κ1) is 13.8. The topological polar surface area (TPSA) is 56.7 Å². The quantitative estimate of drug-likeness (QED) is 0.827. The molecule has 0 bridgehead atoms. The summed E-state index contributed by atoms with van der Waals surface area (Å²) in [5, 5.41) is 9.82. The molecular formula is C14H21N3O2. The van der Waals surface area contributed by atoms with Crippen LogP contribution in [0.25, 0.3) is 0 Å². The van der Waals surface area contributed by atoms with Crippen LogP contribution in [0.4, 0.5) is 5.82 Å². The third-order valence-corrected chi connectivity index (χ3v) is 3.61. The number of aliphatic hydroxyl groups excluding tert-OH is 1. The molecule has 0 aliphatic carbocycles. The minimum absolute atomic E-state index is 0.438. The Hall–Kier alpha value is -1.62. The van der Waals surface area contributed by atoms with Crippen LogP contribution < -0.4 is 4.90 Å². The fraction of sp³-hybridized carbons (Fsp3) is 0.571. The molecule has 1 atom stereocenters. The fourth-order valence-electron chi connectivity index (χ4n) is 2.38. The van der Waals surface area contributed by atoms with Crippen molar-refractivity contribution < 1.29 is 9.90 Å². The lowest BCUT2D eigenvalue weighted by atomic mass is 10.1. The van der Waals surface area contributed by atoms with E-state index in [1.807, 2.05) is 19.9 Å². The third-order valence-electron chi connectivity index (χ3n) is 3.61. The SMILES string of the molecule is CC[C@@H](O)c1cnc(N2CCN(C=O)CC2)c(C)c1. The molecule has 1 aliphatic rings. The van der Waals surface area contributed by atoms with Gasteiger partial charge in [-0.2, -0.15) is 0 Å². The van der Waals surface area contributed by atoms with Gasteiger partial charge < -0.3 is 14.9 Å². The molecule has 1 N–H and O–H groups in total. The molecule has 0 unspecified atom stereocenters. The molecule has 5 heteroatoms. The Morgan fingerprint density at radius 1 is 1.42 bits per heavy atom. The first-order valence-electron chi connectivity index (χ1n) is 6.74. The summed E-state index contributed by atoms with van der Waals surface area (Å²) in [7, 11) is 0. The molecule has 19 heavy (non-hydrogen) atoms. The van der Waals surface area contributed by atoms with Crippen molar-refractivity contribution in [2.75, 3.05) is 31.1 Å². The monoisotopic (exact) mass is 263 g/mol. The second-order valence-electron chi connectivity index (χ2n) is 4.96. The number of aromatic nitrogens is 1. The number of hydrogen-bond acceptors (Lipinski definition) is 4. The van der Waals surface area contributed by atoms with Crippen LogP contribution in [0.15, 0.2) is 12.3 Å². The van der Waals surface area contributed by atoms with Gasteiger partial charge in [-0.1, -0.05) is 6.92 Å². The van der Waals surface area contributed by atoms with E-state index in [0.29, 0.717) is 6.42 Å². The summed E-state index contributed by atoms with van der Waals surface area (Å²) in [6.07, 6.45) is 2.91. The molecule has 1 aromatic rings. The van der Waals surface area contributed by atoms with E-state index < -0.39 is 6.10 Å². The molecule has 2 heterocycles. The van der Waals surface area contributed by atoms with Crippen molar-refractivity contribution in [2.24, 2.45) is 0 Å². The highest BCUT2D eigenvalue weighted by Crippen LogP contribution is 2.23. The fourth-order valence-corrected chi connectivity index (χ4v) is 2.38. The minimum Gasteiger partial charge on any atom is -0.388 e. The number of aryl methyl sites for hydroxylation is 1. The number of carbonyl (C=O) groups excluding carboxylic acids is 1. The second kappa shape index (κ2) is 6.02. The van der Waals surface area contributed by atoms with Crippen LogP contribution in [-0.2, 0) is 4.79 Å². The molecule has 104 valence electrons. The van der Waals surface area contributed by atoms with Gasteiger partial charge >= 0.3 is 0 Å². The Balaban J connectivity index is 2.11. The van der Waals surface area contributed by atoms with Crippen LogP contribution in [0.2, 0.25) is 0 Å². The van der Waals surface area contributed by atoms with E-state index in [0.717, 1.165) is 49.5 Å². The Morgan fingerprint density at radius 2 is 2.11 bits per heavy atom. The smallest absolute Gasteiger partial charge is 0.209 e. The first-order chi connectivity index (χ1) is 9.15. The lowest BCUT2D eigenvalue weighted by molar-refractivity contribution is -0.118. The summed E-state index contributed by atoms with van der Waals surface area (Å²) >= 11 is 0. The van der Waals surface area contributed by atoms with Crippen LogP contribution in [0.5, 0.6) is 0 Å². The van der Waals surface area contributed by atoms with E-state index in [2.05, 4.69) is 9.88 Å². The summed E-state index contributed by atoms with van der Waals surface area (Å²) in [6, 6.07) is 2.00. The molecule has 1 aliphatic heterocycles. The average Bonchev–Trinajstić information content (AvgIpc) is 2.46. The molecule has 1 saturated heterocycles. The van der Waals surface area contributed by atoms with Gasteiger partial charge in [0.2, 0.25) is 6.41 Å². The maximum absolute atomic E-state index is 10.7. The van der Waals surface area contributed by atoms with E-state index in [9.17, 15) is 9.90 Å². The van der Waals surface area contributed by atoms with E-state index >= 15 is 0 Å². The molecule has 2 rings (SSSR count). The van der Waals surface area contributed by atoms with Crippen molar-refractivity contribution in [1.29, 1.82) is 0 Å². The van der Waals surface area contributed by atoms with Gasteiger partial charge in [0.05, 0.1) is 6.10 Å². The van der Waals surface area contributed by atoms with Crippen LogP contribution >= 0.6 is 0 Å². The normalized spacial score (nSPS) is 17.4. The highest BCUT2D eigenvalue weighted by atomic mass is 16.3. The van der Waals surface area contributed by atoms with Crippen molar-refractivity contribution >= 4 is 12.2 Å². The number of rotatable bonds is 4. The van der Waals surface area contributed by atoms with Crippen molar-refractivity contribution in [3.05, 3.63) is 23.4 Å². The lowest BCUT2D eigenvalue weighted by Crippen LogP contribution is -2.46. The summed E-state index contributed by atoms with van der Waals surface area (Å²) in [5.41, 5.74) is 1.94. The predicted octanol–water partition coefficient (Wildman–Crippen LogP) is 1.11. The average molecular weight is 263 g/mol. The Kier molecular flexibility index (Phi) is 4.37. The van der Waals surface area contributed by atoms with Crippen molar-refractivity contribution in [3.8, 4) is 0 Å². The second-order valence-corrected chi connectivity index (χ2v) is 4.96. The van der Waals surface area contributed by atoms with Crippen LogP contribution in [0.3, 0.4) is 0 Å². The van der Waals surface area contributed by atoms with Gasteiger partial charge in [-0.25, -0.2) is 4.98 Å². The molecule has 1 aromatic heterocycles. The van der Waals surface area contributed by atoms with E-state index in [1.165, 1.54) is 0 Å². The van der Waals surface area contributed by atoms with Gasteiger partial charge in [-0.05, 0) is 30.5 Å². The number of anilines is 1. The lowest BCUT2D eigenvalue weighted by Gasteiger charge is -2.34. The zero-order valence-corrected chi connectivity index (χ0v) is 11.5. The molecule has 5 nitrogen and oxygen atoms in total. The summed E-state index contributed by atoms with van der Waals surface area (Å²) in [4.78, 5) is 19.1. The highest BCUT2D eigenvalue weighted by molar-refractivity contribution is 5.51. The number of piperazine rings is 1. The first-order valence-corrected chi connectivity index (χ1v) is 6.74. The molecule has 0 radical (unpaired) electrons. The predicted molar refractivity (Wildman–Crippen MR) is 74.1 cm³/mol. The summed E-state index contributed by atoms with van der Waals surface area (Å²) in [5.74, 6) is 0.956. The largest absolute Gasteiger partial charge is 0.388 e. The summed E-state index contributed by atoms with van der Waals surface area (Å²) in [6.45, 7) is 7.06. The number of pyridine rings is 1. The van der Waals surface area contributed by atoms with Crippen LogP contribution in [0, 0.1) is 6.92 Å². The van der Waals surface area contributed by atoms with Gasteiger partial charge in [0.15, 0.2) is 0 Å². The number of nitrogens with zero attached hydrogens (tertiary/aromatic N) is 3. The maximum Gasteiger partial charge on any atom is 0.209 e. The highest BCUT2D eigenvalue weighted by Gasteiger charge is 2.18. The Morgan fingerprint density at radius 3 is 2.63 bits per heavy atom. The van der Waals surface area contributed by atoms with Crippen molar-refractivity contribution in [3.63, 3.8) is 0 Å². The molecule has 0 aromatic carbocycles. The van der Waals surface area contributed by atoms with Crippen molar-refractivity contribution in [2.45, 2.75) is 26.4 Å². The van der Waals surface area contributed by atoms with Crippen LogP contribution in [0.1, 0.15) is 30.6 Å². The zero-order valence-electron chi connectivity index (χ0n) is 11.5. The van der Waals surface area contributed by atoms with Gasteiger partial charge in [0.25, 0.3) is 0 Å². The molecule has 0 saturated carbocycles. The Bertz CT molecular complexity index is 442. The molecule has 0 spiro atoms. The molecule has 1 amide bonds. The molecule has 1 fully saturated rings. The standard InChI is InChI=1S/C14H21N3O2/c1-3-13(19)12-8-11(2)14(15-9-12)17-6-4-16(10-18)5-7-17/h8-10,13,19H,3-7H2,1-2H3/t13-/m1/s1. The van der Waals surface area contributed by atoms with E-state index in [-0.39, 0.29) is 0 Å². The minimum atomic E-state index is -0.438. The number of hydrogen-bond donors (Lipinski definition) is 1. The number of carbonyl (C=O) groups is 1. The van der Waals surface area contributed by atoms with Crippen molar-refractivity contribution in [1.82, 2.24) is 9.88 Å². The van der Waals surface area contributed by atoms with Gasteiger partial charge in [-0.15, -0.1) is 0 Å². The van der Waals surface area contributed by atoms with Gasteiger partial charge in [0, 0.05) is 32.4 Å². The van der Waals surface area contributed by atoms with Gasteiger partial charge in [0.1, 0.15) is 5.82 Å². The van der Waals surface area contributed by atoms with E-state index in [4.69, 9.17) is 0 Å². The van der Waals surface area contributed by atoms with E-state index in [1.54, 1.807) is 11.1 Å². The third kappa shape index (κ3) is 3.04. The molecular weight excluding hydrogens is 242 g/mol. The van der Waals surface area contributed by atoms with Gasteiger partial charge in [-0.3, -0.25) is 4.79 Å². The van der Waals surface area contributed by atoms with Crippen LogP contribution in [-0.4, -0.2) is 47.6 Å².